The van der Waals surface area contributed by atoms with Crippen molar-refractivity contribution in [2.45, 2.75) is 45.1 Å². The average molecular weight is 227 g/mol. The van der Waals surface area contributed by atoms with E-state index in [1.165, 1.54) is 13.5 Å². The Morgan fingerprint density at radius 1 is 1.31 bits per heavy atom. The van der Waals surface area contributed by atoms with E-state index in [4.69, 9.17) is 0 Å². The number of methoxy groups -OCH3 is 1. The normalized spacial score (nSPS) is 22.5. The standard InChI is InChI=1S/C12H21NO3/c1-10(14)8-11-6-4-3-5-7-13(11)9-12(15)16-2/h11H,3-9H2,1-2H3. The monoisotopic (exact) mass is 227 g/mol. The van der Waals surface area contributed by atoms with Crippen LogP contribution in [0, 0.1) is 0 Å². The Labute approximate surface area is 96.9 Å². The van der Waals surface area contributed by atoms with Gasteiger partial charge in [-0.25, -0.2) is 0 Å². The molecular weight excluding hydrogens is 206 g/mol. The molecule has 0 aliphatic carbocycles. The lowest BCUT2D eigenvalue weighted by Crippen LogP contribution is -2.40. The molecule has 92 valence electrons. The fourth-order valence-corrected chi connectivity index (χ4v) is 2.24. The third-order valence-electron chi connectivity index (χ3n) is 3.08. The number of carbonyl (C=O) groups is 2. The second-order valence-corrected chi connectivity index (χ2v) is 4.46. The van der Waals surface area contributed by atoms with E-state index >= 15 is 0 Å². The van der Waals surface area contributed by atoms with Crippen LogP contribution in [0.2, 0.25) is 0 Å². The van der Waals surface area contributed by atoms with Gasteiger partial charge in [-0.1, -0.05) is 12.8 Å². The van der Waals surface area contributed by atoms with E-state index < -0.39 is 0 Å². The first-order valence-electron chi connectivity index (χ1n) is 5.93. The fraction of sp³-hybridized carbons (Fsp3) is 0.833. The zero-order chi connectivity index (χ0) is 12.0. The molecule has 1 atom stereocenters. The van der Waals surface area contributed by atoms with Gasteiger partial charge in [0, 0.05) is 12.5 Å². The van der Waals surface area contributed by atoms with Gasteiger partial charge in [-0.05, 0) is 26.3 Å². The summed E-state index contributed by atoms with van der Waals surface area (Å²) in [7, 11) is 1.40. The number of hydrogen-bond acceptors (Lipinski definition) is 4. The maximum atomic E-state index is 11.3. The third-order valence-corrected chi connectivity index (χ3v) is 3.08. The summed E-state index contributed by atoms with van der Waals surface area (Å²) in [6, 6.07) is 0.221. The molecule has 1 unspecified atom stereocenters. The molecule has 0 aromatic carbocycles. The molecule has 0 radical (unpaired) electrons. The molecule has 1 aliphatic rings. The molecule has 0 amide bonds. The highest BCUT2D eigenvalue weighted by molar-refractivity contribution is 5.76. The number of nitrogens with zero attached hydrogens (tertiary/aromatic N) is 1. The minimum Gasteiger partial charge on any atom is -0.468 e. The Morgan fingerprint density at radius 2 is 2.06 bits per heavy atom. The van der Waals surface area contributed by atoms with Crippen LogP contribution in [0.1, 0.15) is 39.0 Å². The topological polar surface area (TPSA) is 46.6 Å². The largest absolute Gasteiger partial charge is 0.468 e. The van der Waals surface area contributed by atoms with Crippen LogP contribution in [0.15, 0.2) is 0 Å². The number of Topliss-reactive ketones (excluding diaryl/α,β-unsaturated/α-hetero) is 1. The maximum Gasteiger partial charge on any atom is 0.319 e. The SMILES string of the molecule is COC(=O)CN1CCCCCC1CC(C)=O. The minimum absolute atomic E-state index is 0.196. The van der Waals surface area contributed by atoms with Crippen molar-refractivity contribution >= 4 is 11.8 Å². The molecule has 0 aromatic heterocycles. The molecule has 0 spiro atoms. The zero-order valence-corrected chi connectivity index (χ0v) is 10.2. The molecule has 0 N–H and O–H groups in total. The van der Waals surface area contributed by atoms with Crippen molar-refractivity contribution in [3.05, 3.63) is 0 Å². The van der Waals surface area contributed by atoms with Gasteiger partial charge in [0.25, 0.3) is 0 Å². The van der Waals surface area contributed by atoms with Crippen LogP contribution in [0.4, 0.5) is 0 Å². The zero-order valence-electron chi connectivity index (χ0n) is 10.2. The molecule has 1 rings (SSSR count). The number of likely N-dealkylation sites (tertiary alicyclic amines) is 1. The van der Waals surface area contributed by atoms with Crippen LogP contribution >= 0.6 is 0 Å². The predicted octanol–water partition coefficient (Wildman–Crippen LogP) is 1.38. The van der Waals surface area contributed by atoms with Gasteiger partial charge in [0.15, 0.2) is 0 Å². The maximum absolute atomic E-state index is 11.3. The lowest BCUT2D eigenvalue weighted by molar-refractivity contribution is -0.143. The van der Waals surface area contributed by atoms with Crippen molar-refractivity contribution in [3.63, 3.8) is 0 Å². The van der Waals surface area contributed by atoms with Gasteiger partial charge in [0.05, 0.1) is 13.7 Å². The Bertz CT molecular complexity index is 253. The summed E-state index contributed by atoms with van der Waals surface area (Å²) in [5, 5.41) is 0. The highest BCUT2D eigenvalue weighted by Crippen LogP contribution is 2.19. The first kappa shape index (κ1) is 13.2. The lowest BCUT2D eigenvalue weighted by Gasteiger charge is -2.27. The second-order valence-electron chi connectivity index (χ2n) is 4.46. The fourth-order valence-electron chi connectivity index (χ4n) is 2.24. The molecule has 4 heteroatoms. The van der Waals surface area contributed by atoms with Gasteiger partial charge >= 0.3 is 5.97 Å². The lowest BCUT2D eigenvalue weighted by atomic mass is 10.0. The molecule has 1 fully saturated rings. The molecule has 4 nitrogen and oxygen atoms in total. The molecule has 1 saturated heterocycles. The van der Waals surface area contributed by atoms with E-state index in [-0.39, 0.29) is 17.8 Å². The summed E-state index contributed by atoms with van der Waals surface area (Å²) in [5.74, 6) is -0.0165. The Hall–Kier alpha value is -0.900. The Morgan fingerprint density at radius 3 is 2.69 bits per heavy atom. The van der Waals surface area contributed by atoms with Crippen LogP contribution in [-0.2, 0) is 14.3 Å². The number of esters is 1. The smallest absolute Gasteiger partial charge is 0.319 e. The molecule has 0 aromatic rings. The summed E-state index contributed by atoms with van der Waals surface area (Å²) < 4.78 is 4.68. The van der Waals surface area contributed by atoms with Crippen LogP contribution in [0.3, 0.4) is 0 Å². The summed E-state index contributed by atoms with van der Waals surface area (Å²) in [6.07, 6.45) is 5.00. The summed E-state index contributed by atoms with van der Waals surface area (Å²) in [4.78, 5) is 24.6. The number of ether oxygens (including phenoxy) is 1. The summed E-state index contributed by atoms with van der Waals surface area (Å²) in [6.45, 7) is 2.82. The van der Waals surface area contributed by atoms with Gasteiger partial charge in [0.2, 0.25) is 0 Å². The number of hydrogen-bond donors (Lipinski definition) is 0. The minimum atomic E-state index is -0.213. The van der Waals surface area contributed by atoms with Crippen molar-refractivity contribution in [3.8, 4) is 0 Å². The first-order valence-corrected chi connectivity index (χ1v) is 5.93. The highest BCUT2D eigenvalue weighted by atomic mass is 16.5. The molecule has 0 saturated carbocycles. The van der Waals surface area contributed by atoms with E-state index in [0.29, 0.717) is 13.0 Å². The first-order chi connectivity index (χ1) is 7.63. The van der Waals surface area contributed by atoms with Gasteiger partial charge in [-0.2, -0.15) is 0 Å². The molecule has 0 bridgehead atoms. The number of ketones is 1. The molecule has 16 heavy (non-hydrogen) atoms. The van der Waals surface area contributed by atoms with Crippen LogP contribution in [0.5, 0.6) is 0 Å². The highest BCUT2D eigenvalue weighted by Gasteiger charge is 2.24. The third kappa shape index (κ3) is 4.31. The van der Waals surface area contributed by atoms with Gasteiger partial charge < -0.3 is 4.74 Å². The summed E-state index contributed by atoms with van der Waals surface area (Å²) >= 11 is 0. The van der Waals surface area contributed by atoms with Crippen molar-refractivity contribution in [2.75, 3.05) is 20.2 Å². The molecule has 1 aliphatic heterocycles. The van der Waals surface area contributed by atoms with Crippen molar-refractivity contribution in [2.24, 2.45) is 0 Å². The molecular formula is C12H21NO3. The van der Waals surface area contributed by atoms with E-state index in [0.717, 1.165) is 25.8 Å². The average Bonchev–Trinajstić information content (AvgIpc) is 2.44. The van der Waals surface area contributed by atoms with Crippen molar-refractivity contribution in [1.82, 2.24) is 4.90 Å². The summed E-state index contributed by atoms with van der Waals surface area (Å²) in [5.41, 5.74) is 0. The van der Waals surface area contributed by atoms with Crippen LogP contribution in [0.25, 0.3) is 0 Å². The van der Waals surface area contributed by atoms with Crippen molar-refractivity contribution < 1.29 is 14.3 Å². The van der Waals surface area contributed by atoms with E-state index in [2.05, 4.69) is 9.64 Å². The van der Waals surface area contributed by atoms with Gasteiger partial charge in [-0.3, -0.25) is 14.5 Å². The quantitative estimate of drug-likeness (QED) is 0.681. The Balaban J connectivity index is 2.57. The number of rotatable bonds is 4. The van der Waals surface area contributed by atoms with E-state index in [1.54, 1.807) is 6.92 Å². The van der Waals surface area contributed by atoms with Crippen LogP contribution in [-0.4, -0.2) is 42.9 Å². The van der Waals surface area contributed by atoms with Gasteiger partial charge in [0.1, 0.15) is 5.78 Å². The predicted molar refractivity (Wildman–Crippen MR) is 61.1 cm³/mol. The second kappa shape index (κ2) is 6.63. The number of carbonyl (C=O) groups excluding carboxylic acids is 2. The van der Waals surface area contributed by atoms with Gasteiger partial charge in [-0.15, -0.1) is 0 Å². The molecule has 1 heterocycles. The van der Waals surface area contributed by atoms with E-state index in [1.807, 2.05) is 0 Å². The Kier molecular flexibility index (Phi) is 5.46. The van der Waals surface area contributed by atoms with Crippen LogP contribution < -0.4 is 0 Å². The van der Waals surface area contributed by atoms with Crippen molar-refractivity contribution in [1.29, 1.82) is 0 Å². The van der Waals surface area contributed by atoms with E-state index in [9.17, 15) is 9.59 Å².